The van der Waals surface area contributed by atoms with E-state index < -0.39 is 41.3 Å². The largest absolute Gasteiger partial charge is 0.462 e. The maximum Gasteiger partial charge on any atom is 0.311 e. The molecule has 2 saturated heterocycles. The van der Waals surface area contributed by atoms with E-state index in [0.717, 1.165) is 0 Å². The van der Waals surface area contributed by atoms with E-state index in [0.29, 0.717) is 0 Å². The SMILES string of the molecule is CC1(C)OC[C@@H](N=[N+]=[N-])[C@H]([C@@H]2OC(C)(C)O[C@@H]2COC(=O)C(C)(C)C)O1. The van der Waals surface area contributed by atoms with Gasteiger partial charge in [0, 0.05) is 4.91 Å². The first kappa shape index (κ1) is 20.9. The molecule has 2 aliphatic rings. The van der Waals surface area contributed by atoms with Gasteiger partial charge < -0.3 is 23.7 Å². The fourth-order valence-electron chi connectivity index (χ4n) is 2.92. The van der Waals surface area contributed by atoms with Gasteiger partial charge in [-0.25, -0.2) is 0 Å². The number of carbonyl (C=O) groups is 1. The summed E-state index contributed by atoms with van der Waals surface area (Å²) in [4.78, 5) is 15.0. The molecule has 9 nitrogen and oxygen atoms in total. The van der Waals surface area contributed by atoms with Crippen molar-refractivity contribution >= 4 is 5.97 Å². The molecular weight excluding hydrogens is 342 g/mol. The first-order chi connectivity index (χ1) is 11.8. The standard InChI is InChI=1S/C17H29N3O6/c1-15(2,3)14(21)22-9-11-13(26-17(6,7)24-11)12-10(19-20-18)8-23-16(4,5)25-12/h10-13H,8-9H2,1-7H3/t10-,11-,12-,13-/m1/s1. The number of nitrogens with zero attached hydrogens (tertiary/aromatic N) is 3. The number of hydrogen-bond acceptors (Lipinski definition) is 7. The molecule has 0 unspecified atom stereocenters. The van der Waals surface area contributed by atoms with Gasteiger partial charge in [-0.05, 0) is 54.0 Å². The lowest BCUT2D eigenvalue weighted by Crippen LogP contribution is -2.55. The molecule has 2 fully saturated rings. The monoisotopic (exact) mass is 371 g/mol. The second-order valence-electron chi connectivity index (χ2n) is 8.55. The van der Waals surface area contributed by atoms with Crippen molar-refractivity contribution in [1.29, 1.82) is 0 Å². The van der Waals surface area contributed by atoms with Crippen molar-refractivity contribution in [2.45, 2.75) is 84.4 Å². The third-order valence-corrected chi connectivity index (χ3v) is 4.14. The number of ether oxygens (including phenoxy) is 5. The summed E-state index contributed by atoms with van der Waals surface area (Å²) in [5.74, 6) is -2.06. The van der Waals surface area contributed by atoms with Gasteiger partial charge in [0.1, 0.15) is 24.9 Å². The summed E-state index contributed by atoms with van der Waals surface area (Å²) in [5.41, 5.74) is 8.23. The van der Waals surface area contributed by atoms with Crippen LogP contribution >= 0.6 is 0 Å². The molecule has 0 aromatic carbocycles. The lowest BCUT2D eigenvalue weighted by molar-refractivity contribution is -0.299. The molecule has 0 saturated carbocycles. The van der Waals surface area contributed by atoms with Gasteiger partial charge in [0.2, 0.25) is 0 Å². The normalized spacial score (nSPS) is 33.3. The molecular formula is C17H29N3O6. The molecule has 148 valence electrons. The van der Waals surface area contributed by atoms with Crippen LogP contribution in [0.3, 0.4) is 0 Å². The summed E-state index contributed by atoms with van der Waals surface area (Å²) in [6.07, 6.45) is -1.71. The van der Waals surface area contributed by atoms with Gasteiger partial charge in [0.15, 0.2) is 11.6 Å². The average molecular weight is 371 g/mol. The summed E-state index contributed by atoms with van der Waals surface area (Å²) in [6.45, 7) is 12.7. The summed E-state index contributed by atoms with van der Waals surface area (Å²) in [6, 6.07) is -0.573. The second-order valence-corrected chi connectivity index (χ2v) is 8.55. The molecule has 2 rings (SSSR count). The predicted molar refractivity (Wildman–Crippen MR) is 92.1 cm³/mol. The highest BCUT2D eigenvalue weighted by atomic mass is 16.8. The van der Waals surface area contributed by atoms with E-state index in [-0.39, 0.29) is 19.2 Å². The van der Waals surface area contributed by atoms with Crippen LogP contribution in [0.1, 0.15) is 48.5 Å². The maximum absolute atomic E-state index is 12.1. The van der Waals surface area contributed by atoms with Gasteiger partial charge in [-0.2, -0.15) is 0 Å². The number of azide groups is 1. The topological polar surface area (TPSA) is 112 Å². The summed E-state index contributed by atoms with van der Waals surface area (Å²) >= 11 is 0. The van der Waals surface area contributed by atoms with Crippen molar-refractivity contribution in [3.8, 4) is 0 Å². The molecule has 0 aromatic heterocycles. The van der Waals surface area contributed by atoms with Crippen molar-refractivity contribution in [1.82, 2.24) is 0 Å². The van der Waals surface area contributed by atoms with E-state index in [4.69, 9.17) is 29.2 Å². The molecule has 0 aliphatic carbocycles. The van der Waals surface area contributed by atoms with Gasteiger partial charge in [-0.3, -0.25) is 4.79 Å². The molecule has 9 heteroatoms. The van der Waals surface area contributed by atoms with E-state index in [2.05, 4.69) is 10.0 Å². The smallest absolute Gasteiger partial charge is 0.311 e. The number of carbonyl (C=O) groups excluding carboxylic acids is 1. The van der Waals surface area contributed by atoms with Crippen LogP contribution in [0.5, 0.6) is 0 Å². The van der Waals surface area contributed by atoms with E-state index in [1.54, 1.807) is 48.5 Å². The fourth-order valence-corrected chi connectivity index (χ4v) is 2.92. The Morgan fingerprint density at radius 1 is 1.15 bits per heavy atom. The fraction of sp³-hybridized carbons (Fsp3) is 0.941. The van der Waals surface area contributed by atoms with Gasteiger partial charge in [-0.1, -0.05) is 5.11 Å². The molecule has 0 amide bonds. The Morgan fingerprint density at radius 3 is 2.35 bits per heavy atom. The Balaban J connectivity index is 2.19. The molecule has 4 atom stereocenters. The van der Waals surface area contributed by atoms with Crippen LogP contribution in [-0.2, 0) is 28.5 Å². The number of esters is 1. The van der Waals surface area contributed by atoms with Crippen LogP contribution in [0.15, 0.2) is 5.11 Å². The van der Waals surface area contributed by atoms with Crippen molar-refractivity contribution in [3.05, 3.63) is 10.4 Å². The van der Waals surface area contributed by atoms with Crippen molar-refractivity contribution in [2.24, 2.45) is 10.5 Å². The van der Waals surface area contributed by atoms with Gasteiger partial charge in [-0.15, -0.1) is 0 Å². The third kappa shape index (κ3) is 5.08. The molecule has 0 N–H and O–H groups in total. The number of hydrogen-bond donors (Lipinski definition) is 0. The third-order valence-electron chi connectivity index (χ3n) is 4.14. The summed E-state index contributed by atoms with van der Waals surface area (Å²) < 4.78 is 28.9. The van der Waals surface area contributed by atoms with Crippen LogP contribution in [0.2, 0.25) is 0 Å². The van der Waals surface area contributed by atoms with E-state index in [9.17, 15) is 4.79 Å². The quantitative estimate of drug-likeness (QED) is 0.325. The molecule has 0 spiro atoms. The maximum atomic E-state index is 12.1. The molecule has 0 radical (unpaired) electrons. The van der Waals surface area contributed by atoms with Crippen LogP contribution in [0, 0.1) is 5.41 Å². The van der Waals surface area contributed by atoms with Crippen molar-refractivity contribution in [2.75, 3.05) is 13.2 Å². The Morgan fingerprint density at radius 2 is 1.77 bits per heavy atom. The zero-order valence-electron chi connectivity index (χ0n) is 16.5. The minimum atomic E-state index is -0.879. The van der Waals surface area contributed by atoms with Crippen LogP contribution in [-0.4, -0.2) is 55.1 Å². The first-order valence-corrected chi connectivity index (χ1v) is 8.73. The van der Waals surface area contributed by atoms with Gasteiger partial charge in [0.05, 0.1) is 18.1 Å². The highest BCUT2D eigenvalue weighted by Crippen LogP contribution is 2.36. The van der Waals surface area contributed by atoms with Crippen LogP contribution in [0.25, 0.3) is 10.4 Å². The molecule has 2 heterocycles. The second kappa shape index (κ2) is 7.32. The lowest BCUT2D eigenvalue weighted by atomic mass is 9.97. The summed E-state index contributed by atoms with van der Waals surface area (Å²) in [5, 5.41) is 3.78. The minimum absolute atomic E-state index is 0.0222. The highest BCUT2D eigenvalue weighted by Gasteiger charge is 2.51. The van der Waals surface area contributed by atoms with E-state index in [1.807, 2.05) is 0 Å². The van der Waals surface area contributed by atoms with E-state index in [1.165, 1.54) is 0 Å². The molecule has 0 bridgehead atoms. The minimum Gasteiger partial charge on any atom is -0.462 e. The zero-order chi connectivity index (χ0) is 19.8. The molecule has 26 heavy (non-hydrogen) atoms. The highest BCUT2D eigenvalue weighted by molar-refractivity contribution is 5.75. The lowest BCUT2D eigenvalue weighted by Gasteiger charge is -2.42. The molecule has 2 aliphatic heterocycles. The Bertz CT molecular complexity index is 580. The molecule has 0 aromatic rings. The first-order valence-electron chi connectivity index (χ1n) is 8.73. The Hall–Kier alpha value is -1.38. The van der Waals surface area contributed by atoms with Crippen LogP contribution in [0.4, 0.5) is 0 Å². The van der Waals surface area contributed by atoms with Crippen molar-refractivity contribution < 1.29 is 28.5 Å². The van der Waals surface area contributed by atoms with Gasteiger partial charge in [0.25, 0.3) is 0 Å². The Labute approximate surface area is 153 Å². The average Bonchev–Trinajstić information content (AvgIpc) is 2.80. The van der Waals surface area contributed by atoms with Gasteiger partial charge >= 0.3 is 5.97 Å². The number of rotatable bonds is 4. The summed E-state index contributed by atoms with van der Waals surface area (Å²) in [7, 11) is 0. The zero-order valence-corrected chi connectivity index (χ0v) is 16.5. The Kier molecular flexibility index (Phi) is 5.90. The van der Waals surface area contributed by atoms with E-state index >= 15 is 0 Å². The predicted octanol–water partition coefficient (Wildman–Crippen LogP) is 2.93. The van der Waals surface area contributed by atoms with Crippen molar-refractivity contribution in [3.63, 3.8) is 0 Å². The van der Waals surface area contributed by atoms with Crippen LogP contribution < -0.4 is 0 Å².